The zero-order valence-corrected chi connectivity index (χ0v) is 10.4. The molecule has 16 heavy (non-hydrogen) atoms. The molecule has 2 nitrogen and oxygen atoms in total. The lowest BCUT2D eigenvalue weighted by molar-refractivity contribution is 0.415. The van der Waals surface area contributed by atoms with Crippen LogP contribution in [0.5, 0.6) is 5.75 Å². The highest BCUT2D eigenvalue weighted by Crippen LogP contribution is 2.29. The van der Waals surface area contributed by atoms with Gasteiger partial charge < -0.3 is 10.5 Å². The summed E-state index contributed by atoms with van der Waals surface area (Å²) in [4.78, 5) is 0. The van der Waals surface area contributed by atoms with E-state index in [0.717, 1.165) is 11.1 Å². The van der Waals surface area contributed by atoms with Gasteiger partial charge in [-0.1, -0.05) is 17.7 Å². The van der Waals surface area contributed by atoms with Crippen molar-refractivity contribution in [3.8, 4) is 5.75 Å². The average Bonchev–Trinajstić information content (AvgIpc) is 2.81. The molecule has 0 spiro atoms. The summed E-state index contributed by atoms with van der Waals surface area (Å²) in [7, 11) is 1.60. The summed E-state index contributed by atoms with van der Waals surface area (Å²) in [6, 6.07) is 7.52. The molecule has 0 aliphatic carbocycles. The van der Waals surface area contributed by atoms with E-state index in [2.05, 4.69) is 0 Å². The van der Waals surface area contributed by atoms with Gasteiger partial charge in [-0.2, -0.15) is 11.3 Å². The Morgan fingerprint density at radius 1 is 1.31 bits per heavy atom. The second-order valence-electron chi connectivity index (χ2n) is 3.43. The Balaban J connectivity index is 2.31. The third kappa shape index (κ3) is 2.21. The van der Waals surface area contributed by atoms with Gasteiger partial charge in [0, 0.05) is 0 Å². The number of benzene rings is 1. The highest BCUT2D eigenvalue weighted by molar-refractivity contribution is 7.08. The summed E-state index contributed by atoms with van der Waals surface area (Å²) in [5.41, 5.74) is 8.22. The molecule has 0 aliphatic heterocycles. The minimum atomic E-state index is -0.130. The number of methoxy groups -OCH3 is 1. The maximum Gasteiger partial charge on any atom is 0.137 e. The van der Waals surface area contributed by atoms with Crippen LogP contribution in [0.1, 0.15) is 17.2 Å². The Kier molecular flexibility index (Phi) is 3.49. The maximum absolute atomic E-state index is 6.13. The fourth-order valence-corrected chi connectivity index (χ4v) is 2.48. The van der Waals surface area contributed by atoms with Crippen molar-refractivity contribution in [1.29, 1.82) is 0 Å². The largest absolute Gasteiger partial charge is 0.495 e. The fourth-order valence-electron chi connectivity index (χ4n) is 1.52. The molecule has 2 N–H and O–H groups in total. The number of thiophene rings is 1. The third-order valence-corrected chi connectivity index (χ3v) is 3.43. The van der Waals surface area contributed by atoms with E-state index in [1.807, 2.05) is 35.0 Å². The molecule has 0 fully saturated rings. The minimum absolute atomic E-state index is 0.130. The van der Waals surface area contributed by atoms with Crippen LogP contribution < -0.4 is 10.5 Å². The van der Waals surface area contributed by atoms with Crippen LogP contribution in [-0.4, -0.2) is 7.11 Å². The zero-order chi connectivity index (χ0) is 11.5. The number of rotatable bonds is 3. The van der Waals surface area contributed by atoms with Gasteiger partial charge in [0.1, 0.15) is 5.75 Å². The maximum atomic E-state index is 6.13. The van der Waals surface area contributed by atoms with Crippen LogP contribution in [0, 0.1) is 0 Å². The first-order valence-corrected chi connectivity index (χ1v) is 6.15. The van der Waals surface area contributed by atoms with Crippen molar-refractivity contribution >= 4 is 22.9 Å². The SMILES string of the molecule is COc1ccc(C(N)c2ccsc2)cc1Cl. The monoisotopic (exact) mass is 253 g/mol. The Morgan fingerprint density at radius 3 is 2.69 bits per heavy atom. The van der Waals surface area contributed by atoms with E-state index in [0.29, 0.717) is 10.8 Å². The second-order valence-corrected chi connectivity index (χ2v) is 4.62. The van der Waals surface area contributed by atoms with Gasteiger partial charge in [0.25, 0.3) is 0 Å². The van der Waals surface area contributed by atoms with Gasteiger partial charge in [-0.05, 0) is 40.1 Å². The number of halogens is 1. The molecule has 1 atom stereocenters. The van der Waals surface area contributed by atoms with E-state index in [9.17, 15) is 0 Å². The zero-order valence-electron chi connectivity index (χ0n) is 8.81. The Hall–Kier alpha value is -1.03. The highest BCUT2D eigenvalue weighted by Gasteiger charge is 2.11. The highest BCUT2D eigenvalue weighted by atomic mass is 35.5. The molecule has 2 rings (SSSR count). The molecule has 2 aromatic rings. The van der Waals surface area contributed by atoms with Crippen molar-refractivity contribution < 1.29 is 4.74 Å². The molecular formula is C12H12ClNOS. The molecule has 0 saturated carbocycles. The first-order valence-electron chi connectivity index (χ1n) is 4.83. The molecule has 0 aliphatic rings. The number of ether oxygens (including phenoxy) is 1. The van der Waals surface area contributed by atoms with Crippen LogP contribution in [0.25, 0.3) is 0 Å². The first-order chi connectivity index (χ1) is 7.72. The standard InChI is InChI=1S/C12H12ClNOS/c1-15-11-3-2-8(6-10(11)13)12(14)9-4-5-16-7-9/h2-7,12H,14H2,1H3. The number of hydrogen-bond donors (Lipinski definition) is 1. The minimum Gasteiger partial charge on any atom is -0.495 e. The quantitative estimate of drug-likeness (QED) is 0.909. The number of nitrogens with two attached hydrogens (primary N) is 1. The summed E-state index contributed by atoms with van der Waals surface area (Å²) in [5, 5.41) is 4.65. The van der Waals surface area contributed by atoms with E-state index in [-0.39, 0.29) is 6.04 Å². The van der Waals surface area contributed by atoms with Gasteiger partial charge in [-0.3, -0.25) is 0 Å². The van der Waals surface area contributed by atoms with Gasteiger partial charge in [0.05, 0.1) is 18.2 Å². The fraction of sp³-hybridized carbons (Fsp3) is 0.167. The van der Waals surface area contributed by atoms with Crippen LogP contribution in [0.4, 0.5) is 0 Å². The summed E-state index contributed by atoms with van der Waals surface area (Å²) in [5.74, 6) is 0.669. The normalized spacial score (nSPS) is 12.4. The lowest BCUT2D eigenvalue weighted by atomic mass is 10.0. The predicted octanol–water partition coefficient (Wildman–Crippen LogP) is 3.46. The number of hydrogen-bond acceptors (Lipinski definition) is 3. The van der Waals surface area contributed by atoms with Crippen molar-refractivity contribution in [1.82, 2.24) is 0 Å². The van der Waals surface area contributed by atoms with E-state index < -0.39 is 0 Å². The van der Waals surface area contributed by atoms with Crippen molar-refractivity contribution in [2.45, 2.75) is 6.04 Å². The van der Waals surface area contributed by atoms with E-state index in [4.69, 9.17) is 22.1 Å². The molecule has 4 heteroatoms. The molecule has 0 amide bonds. The second kappa shape index (κ2) is 4.87. The molecule has 0 bridgehead atoms. The van der Waals surface area contributed by atoms with E-state index in [1.54, 1.807) is 18.4 Å². The van der Waals surface area contributed by atoms with Crippen LogP contribution in [0.3, 0.4) is 0 Å². The third-order valence-electron chi connectivity index (χ3n) is 2.44. The molecular weight excluding hydrogens is 242 g/mol. The van der Waals surface area contributed by atoms with Crippen molar-refractivity contribution in [2.75, 3.05) is 7.11 Å². The topological polar surface area (TPSA) is 35.2 Å². The average molecular weight is 254 g/mol. The van der Waals surface area contributed by atoms with Crippen LogP contribution in [0.2, 0.25) is 5.02 Å². The van der Waals surface area contributed by atoms with E-state index >= 15 is 0 Å². The predicted molar refractivity (Wildman–Crippen MR) is 68.4 cm³/mol. The molecule has 1 aromatic carbocycles. The Bertz CT molecular complexity index is 470. The summed E-state index contributed by atoms with van der Waals surface area (Å²) < 4.78 is 5.10. The smallest absolute Gasteiger partial charge is 0.137 e. The lowest BCUT2D eigenvalue weighted by Gasteiger charge is -2.12. The van der Waals surface area contributed by atoms with Gasteiger partial charge >= 0.3 is 0 Å². The molecule has 0 radical (unpaired) electrons. The van der Waals surface area contributed by atoms with Gasteiger partial charge in [-0.25, -0.2) is 0 Å². The molecule has 0 saturated heterocycles. The molecule has 1 heterocycles. The molecule has 1 unspecified atom stereocenters. The van der Waals surface area contributed by atoms with Gasteiger partial charge in [0.2, 0.25) is 0 Å². The summed E-state index contributed by atoms with van der Waals surface area (Å²) in [6.07, 6.45) is 0. The Morgan fingerprint density at radius 2 is 2.12 bits per heavy atom. The van der Waals surface area contributed by atoms with Crippen molar-refractivity contribution in [2.24, 2.45) is 5.73 Å². The Labute approximate surface area is 104 Å². The molecule has 1 aromatic heterocycles. The lowest BCUT2D eigenvalue weighted by Crippen LogP contribution is -2.10. The van der Waals surface area contributed by atoms with Crippen LogP contribution in [-0.2, 0) is 0 Å². The van der Waals surface area contributed by atoms with Crippen molar-refractivity contribution in [3.05, 3.63) is 51.2 Å². The van der Waals surface area contributed by atoms with Crippen LogP contribution in [0.15, 0.2) is 35.0 Å². The van der Waals surface area contributed by atoms with Crippen molar-refractivity contribution in [3.63, 3.8) is 0 Å². The van der Waals surface area contributed by atoms with Gasteiger partial charge in [-0.15, -0.1) is 0 Å². The first kappa shape index (κ1) is 11.5. The van der Waals surface area contributed by atoms with E-state index in [1.165, 1.54) is 0 Å². The summed E-state index contributed by atoms with van der Waals surface area (Å²) in [6.45, 7) is 0. The van der Waals surface area contributed by atoms with Crippen LogP contribution >= 0.6 is 22.9 Å². The van der Waals surface area contributed by atoms with Gasteiger partial charge in [0.15, 0.2) is 0 Å². The molecule has 84 valence electrons. The summed E-state index contributed by atoms with van der Waals surface area (Å²) >= 11 is 7.69.